The third-order valence-electron chi connectivity index (χ3n) is 2.65. The van der Waals surface area contributed by atoms with Crippen LogP contribution < -0.4 is 5.73 Å². The summed E-state index contributed by atoms with van der Waals surface area (Å²) >= 11 is 14.9. The zero-order valence-electron chi connectivity index (χ0n) is 10.1. The molecule has 0 radical (unpaired) electrons. The highest BCUT2D eigenvalue weighted by molar-refractivity contribution is 9.10. The molecule has 0 unspecified atom stereocenters. The van der Waals surface area contributed by atoms with E-state index >= 15 is 0 Å². The number of anilines is 1. The van der Waals surface area contributed by atoms with Crippen LogP contribution in [0.2, 0.25) is 10.0 Å². The number of nitrogens with two attached hydrogens (primary N) is 1. The van der Waals surface area contributed by atoms with Crippen LogP contribution in [0.4, 0.5) is 5.69 Å². The van der Waals surface area contributed by atoms with Crippen LogP contribution in [0.5, 0.6) is 0 Å². The van der Waals surface area contributed by atoms with Crippen molar-refractivity contribution in [2.45, 2.75) is 10.6 Å². The van der Waals surface area contributed by atoms with Crippen molar-refractivity contribution >= 4 is 54.7 Å². The van der Waals surface area contributed by atoms with Gasteiger partial charge in [-0.15, -0.1) is 0 Å². The summed E-state index contributed by atoms with van der Waals surface area (Å²) in [6, 6.07) is 9.45. The minimum absolute atomic E-state index is 0.0953. The van der Waals surface area contributed by atoms with E-state index in [1.54, 1.807) is 24.3 Å². The second-order valence-corrected chi connectivity index (χ2v) is 7.88. The largest absolute Gasteiger partial charge is 0.398 e. The summed E-state index contributed by atoms with van der Waals surface area (Å²) in [5, 5.41) is 0.705. The molecule has 2 aromatic rings. The molecule has 20 heavy (non-hydrogen) atoms. The van der Waals surface area contributed by atoms with E-state index in [9.17, 15) is 8.42 Å². The molecule has 0 aliphatic heterocycles. The first-order chi connectivity index (χ1) is 9.29. The van der Waals surface area contributed by atoms with E-state index in [4.69, 9.17) is 28.9 Å². The molecule has 0 saturated heterocycles. The van der Waals surface area contributed by atoms with Crippen LogP contribution >= 0.6 is 39.1 Å². The molecule has 7 heteroatoms. The van der Waals surface area contributed by atoms with Gasteiger partial charge in [0.05, 0.1) is 26.4 Å². The number of rotatable bonds is 3. The highest BCUT2D eigenvalue weighted by Crippen LogP contribution is 2.28. The van der Waals surface area contributed by atoms with Crippen molar-refractivity contribution in [1.82, 2.24) is 0 Å². The summed E-state index contributed by atoms with van der Waals surface area (Å²) in [5.74, 6) is -0.190. The first-order valence-electron chi connectivity index (χ1n) is 5.51. The van der Waals surface area contributed by atoms with Crippen molar-refractivity contribution in [3.05, 3.63) is 56.5 Å². The molecule has 0 aliphatic carbocycles. The second-order valence-electron chi connectivity index (χ2n) is 4.19. The summed E-state index contributed by atoms with van der Waals surface area (Å²) in [4.78, 5) is 0.0953. The highest BCUT2D eigenvalue weighted by atomic mass is 79.9. The van der Waals surface area contributed by atoms with Crippen LogP contribution in [0.15, 0.2) is 45.8 Å². The molecule has 0 bridgehead atoms. The lowest BCUT2D eigenvalue weighted by Gasteiger charge is -2.09. The maximum absolute atomic E-state index is 12.4. The molecule has 0 aromatic heterocycles. The lowest BCUT2D eigenvalue weighted by Crippen LogP contribution is -2.08. The lowest BCUT2D eigenvalue weighted by atomic mass is 10.2. The van der Waals surface area contributed by atoms with E-state index in [1.165, 1.54) is 12.1 Å². The average Bonchev–Trinajstić information content (AvgIpc) is 2.36. The van der Waals surface area contributed by atoms with Crippen LogP contribution in [0.25, 0.3) is 0 Å². The fourth-order valence-electron chi connectivity index (χ4n) is 1.70. The van der Waals surface area contributed by atoms with Gasteiger partial charge in [0.2, 0.25) is 0 Å². The van der Waals surface area contributed by atoms with Gasteiger partial charge in [0.15, 0.2) is 9.84 Å². The minimum atomic E-state index is -3.55. The monoisotopic (exact) mass is 393 g/mol. The van der Waals surface area contributed by atoms with Gasteiger partial charge in [-0.1, -0.05) is 45.2 Å². The van der Waals surface area contributed by atoms with Gasteiger partial charge in [-0.2, -0.15) is 0 Å². The molecule has 0 aliphatic rings. The van der Waals surface area contributed by atoms with E-state index in [0.717, 1.165) is 0 Å². The van der Waals surface area contributed by atoms with Gasteiger partial charge in [0, 0.05) is 4.47 Å². The molecular formula is C13H10BrCl2NO2S. The average molecular weight is 395 g/mol. The van der Waals surface area contributed by atoms with E-state index in [1.807, 2.05) is 0 Å². The van der Waals surface area contributed by atoms with Gasteiger partial charge in [-0.25, -0.2) is 8.42 Å². The minimum Gasteiger partial charge on any atom is -0.398 e. The predicted molar refractivity (Wildman–Crippen MR) is 85.9 cm³/mol. The number of hydrogen-bond acceptors (Lipinski definition) is 3. The molecule has 0 heterocycles. The van der Waals surface area contributed by atoms with E-state index < -0.39 is 9.84 Å². The van der Waals surface area contributed by atoms with E-state index in [-0.39, 0.29) is 16.3 Å². The molecule has 106 valence electrons. The van der Waals surface area contributed by atoms with Gasteiger partial charge < -0.3 is 5.73 Å². The number of halogens is 3. The summed E-state index contributed by atoms with van der Waals surface area (Å²) < 4.78 is 25.4. The first kappa shape index (κ1) is 15.6. The van der Waals surface area contributed by atoms with Gasteiger partial charge in [0.1, 0.15) is 0 Å². The zero-order chi connectivity index (χ0) is 14.9. The summed E-state index contributed by atoms with van der Waals surface area (Å²) in [6.07, 6.45) is 0. The SMILES string of the molecule is Nc1ccc(Br)cc1S(=O)(=O)Cc1ccc(Cl)c(Cl)c1. The smallest absolute Gasteiger partial charge is 0.184 e. The second kappa shape index (κ2) is 5.93. The normalized spacial score (nSPS) is 11.6. The summed E-state index contributed by atoms with van der Waals surface area (Å²) in [5.41, 5.74) is 6.51. The van der Waals surface area contributed by atoms with Gasteiger partial charge in [-0.3, -0.25) is 0 Å². The Kier molecular flexibility index (Phi) is 4.64. The molecule has 3 nitrogen and oxygen atoms in total. The van der Waals surface area contributed by atoms with E-state index in [0.29, 0.717) is 20.1 Å². The van der Waals surface area contributed by atoms with E-state index in [2.05, 4.69) is 15.9 Å². The molecule has 0 amide bonds. The standard InChI is InChI=1S/C13H10BrCl2NO2S/c14-9-2-4-12(17)13(6-9)20(18,19)7-8-1-3-10(15)11(16)5-8/h1-6H,7,17H2. The number of nitrogen functional groups attached to an aromatic ring is 1. The van der Waals surface area contributed by atoms with Gasteiger partial charge in [-0.05, 0) is 35.9 Å². The molecule has 0 fully saturated rings. The van der Waals surface area contributed by atoms with Crippen molar-refractivity contribution in [1.29, 1.82) is 0 Å². The Morgan fingerprint density at radius 3 is 2.40 bits per heavy atom. The molecule has 0 atom stereocenters. The molecular weight excluding hydrogens is 385 g/mol. The predicted octanol–water partition coefficient (Wildman–Crippen LogP) is 4.31. The number of benzene rings is 2. The highest BCUT2D eigenvalue weighted by Gasteiger charge is 2.19. The van der Waals surface area contributed by atoms with Crippen molar-refractivity contribution < 1.29 is 8.42 Å². The Bertz CT molecular complexity index is 763. The summed E-state index contributed by atoms with van der Waals surface area (Å²) in [7, 11) is -3.55. The maximum atomic E-state index is 12.4. The molecule has 2 N–H and O–H groups in total. The van der Waals surface area contributed by atoms with Crippen molar-refractivity contribution in [3.63, 3.8) is 0 Å². The Balaban J connectivity index is 2.40. The lowest BCUT2D eigenvalue weighted by molar-refractivity contribution is 0.595. The Hall–Kier alpha value is -0.750. The fraction of sp³-hybridized carbons (Fsp3) is 0.0769. The van der Waals surface area contributed by atoms with Crippen molar-refractivity contribution in [2.24, 2.45) is 0 Å². The Morgan fingerprint density at radius 2 is 1.75 bits per heavy atom. The van der Waals surface area contributed by atoms with Gasteiger partial charge in [0.25, 0.3) is 0 Å². The zero-order valence-corrected chi connectivity index (χ0v) is 14.0. The van der Waals surface area contributed by atoms with Crippen molar-refractivity contribution in [2.75, 3.05) is 5.73 Å². The molecule has 2 rings (SSSR count). The number of sulfone groups is 1. The molecule has 0 spiro atoms. The maximum Gasteiger partial charge on any atom is 0.184 e. The van der Waals surface area contributed by atoms with Crippen LogP contribution in [0, 0.1) is 0 Å². The Morgan fingerprint density at radius 1 is 1.05 bits per heavy atom. The van der Waals surface area contributed by atoms with Crippen molar-refractivity contribution in [3.8, 4) is 0 Å². The summed E-state index contributed by atoms with van der Waals surface area (Å²) in [6.45, 7) is 0. The number of hydrogen-bond donors (Lipinski definition) is 1. The topological polar surface area (TPSA) is 60.2 Å². The van der Waals surface area contributed by atoms with Crippen LogP contribution in [-0.2, 0) is 15.6 Å². The third-order valence-corrected chi connectivity index (χ3v) is 5.62. The quantitative estimate of drug-likeness (QED) is 0.789. The van der Waals surface area contributed by atoms with Crippen LogP contribution in [0.1, 0.15) is 5.56 Å². The fourth-order valence-corrected chi connectivity index (χ4v) is 4.05. The first-order valence-corrected chi connectivity index (χ1v) is 8.71. The Labute approximate surface area is 135 Å². The van der Waals surface area contributed by atoms with Crippen LogP contribution in [0.3, 0.4) is 0 Å². The van der Waals surface area contributed by atoms with Gasteiger partial charge >= 0.3 is 0 Å². The molecule has 2 aromatic carbocycles. The van der Waals surface area contributed by atoms with Crippen LogP contribution in [-0.4, -0.2) is 8.42 Å². The molecule has 0 saturated carbocycles. The third kappa shape index (κ3) is 3.47.